The van der Waals surface area contributed by atoms with Gasteiger partial charge in [0.2, 0.25) is 0 Å². The van der Waals surface area contributed by atoms with Gasteiger partial charge in [-0.3, -0.25) is 14.5 Å². The predicted octanol–water partition coefficient (Wildman–Crippen LogP) is 5.71. The lowest BCUT2D eigenvalue weighted by Crippen LogP contribution is -2.27. The van der Waals surface area contributed by atoms with E-state index < -0.39 is 0 Å². The van der Waals surface area contributed by atoms with Gasteiger partial charge < -0.3 is 4.74 Å². The van der Waals surface area contributed by atoms with Crippen LogP contribution in [0, 0.1) is 3.57 Å². The van der Waals surface area contributed by atoms with E-state index >= 15 is 0 Å². The molecule has 140 valence electrons. The van der Waals surface area contributed by atoms with Gasteiger partial charge in [0.1, 0.15) is 5.75 Å². The van der Waals surface area contributed by atoms with Gasteiger partial charge in [-0.05, 0) is 89.2 Å². The Labute approximate surface area is 177 Å². The Morgan fingerprint density at radius 3 is 2.41 bits per heavy atom. The standard InChI is InChI=1S/C21H20INO3S/c1-3-14(2)26-18-10-6-15(7-11-18)12-19-20(24)23(21(25)27-19)13-16-4-8-17(22)9-5-16/h4-12,14H,3,13H2,1-2H3/b19-12-/t14-/m1/s1. The number of benzene rings is 2. The van der Waals surface area contributed by atoms with E-state index in [0.29, 0.717) is 11.4 Å². The van der Waals surface area contributed by atoms with Gasteiger partial charge in [-0.25, -0.2) is 0 Å². The number of imide groups is 1. The number of carbonyl (C=O) groups excluding carboxylic acids is 2. The Morgan fingerprint density at radius 2 is 1.78 bits per heavy atom. The lowest BCUT2D eigenvalue weighted by molar-refractivity contribution is -0.123. The lowest BCUT2D eigenvalue weighted by atomic mass is 10.2. The van der Waals surface area contributed by atoms with Crippen LogP contribution in [0.15, 0.2) is 53.4 Å². The van der Waals surface area contributed by atoms with Crippen molar-refractivity contribution in [1.82, 2.24) is 4.90 Å². The lowest BCUT2D eigenvalue weighted by Gasteiger charge is -2.12. The number of hydrogen-bond acceptors (Lipinski definition) is 4. The van der Waals surface area contributed by atoms with Crippen molar-refractivity contribution in [1.29, 1.82) is 0 Å². The quantitative estimate of drug-likeness (QED) is 0.383. The van der Waals surface area contributed by atoms with Crippen LogP contribution in [0.1, 0.15) is 31.4 Å². The summed E-state index contributed by atoms with van der Waals surface area (Å²) in [5, 5.41) is -0.235. The number of hydrogen-bond donors (Lipinski definition) is 0. The molecule has 0 aliphatic carbocycles. The van der Waals surface area contributed by atoms with Crippen LogP contribution >= 0.6 is 34.4 Å². The molecule has 0 spiro atoms. The maximum Gasteiger partial charge on any atom is 0.293 e. The minimum atomic E-state index is -0.247. The fourth-order valence-corrected chi connectivity index (χ4v) is 3.72. The molecule has 3 rings (SSSR count). The minimum absolute atomic E-state index is 0.161. The fraction of sp³-hybridized carbons (Fsp3) is 0.238. The molecule has 1 atom stereocenters. The molecule has 0 radical (unpaired) electrons. The third-order valence-corrected chi connectivity index (χ3v) is 5.84. The fourth-order valence-electron chi connectivity index (χ4n) is 2.52. The Bertz CT molecular complexity index is 862. The molecule has 1 heterocycles. The molecular weight excluding hydrogens is 473 g/mol. The number of halogens is 1. The average Bonchev–Trinajstić information content (AvgIpc) is 2.92. The van der Waals surface area contributed by atoms with Crippen molar-refractivity contribution in [3.05, 3.63) is 68.1 Å². The Hall–Kier alpha value is -1.80. The van der Waals surface area contributed by atoms with Gasteiger partial charge in [0, 0.05) is 3.57 Å². The Morgan fingerprint density at radius 1 is 1.11 bits per heavy atom. The molecule has 0 saturated carbocycles. The molecule has 6 heteroatoms. The van der Waals surface area contributed by atoms with E-state index in [1.807, 2.05) is 55.5 Å². The van der Waals surface area contributed by atoms with Crippen LogP contribution in [0.5, 0.6) is 5.75 Å². The van der Waals surface area contributed by atoms with E-state index in [4.69, 9.17) is 4.74 Å². The van der Waals surface area contributed by atoms with Crippen LogP contribution in [0.2, 0.25) is 0 Å². The highest BCUT2D eigenvalue weighted by Crippen LogP contribution is 2.33. The number of amides is 2. The summed E-state index contributed by atoms with van der Waals surface area (Å²) in [6, 6.07) is 15.4. The van der Waals surface area contributed by atoms with Crippen LogP contribution in [0.4, 0.5) is 4.79 Å². The molecule has 0 N–H and O–H groups in total. The molecular formula is C21H20INO3S. The van der Waals surface area contributed by atoms with Crippen molar-refractivity contribution in [2.45, 2.75) is 32.9 Å². The number of nitrogens with zero attached hydrogens (tertiary/aromatic N) is 1. The van der Waals surface area contributed by atoms with Crippen molar-refractivity contribution in [3.63, 3.8) is 0 Å². The van der Waals surface area contributed by atoms with Crippen molar-refractivity contribution in [3.8, 4) is 5.75 Å². The second kappa shape index (κ2) is 8.93. The van der Waals surface area contributed by atoms with Crippen LogP contribution in [-0.2, 0) is 11.3 Å². The molecule has 1 fully saturated rings. The highest BCUT2D eigenvalue weighted by molar-refractivity contribution is 14.1. The summed E-state index contributed by atoms with van der Waals surface area (Å²) in [5.74, 6) is 0.553. The van der Waals surface area contributed by atoms with E-state index in [1.165, 1.54) is 4.90 Å². The molecule has 1 aliphatic rings. The number of ether oxygens (including phenoxy) is 1. The first-order chi connectivity index (χ1) is 13.0. The van der Waals surface area contributed by atoms with Crippen molar-refractivity contribution >= 4 is 51.6 Å². The van der Waals surface area contributed by atoms with E-state index in [0.717, 1.165) is 38.6 Å². The molecule has 2 amide bonds. The minimum Gasteiger partial charge on any atom is -0.491 e. The van der Waals surface area contributed by atoms with E-state index in [1.54, 1.807) is 6.08 Å². The summed E-state index contributed by atoms with van der Waals surface area (Å²) < 4.78 is 6.88. The van der Waals surface area contributed by atoms with Gasteiger partial charge >= 0.3 is 0 Å². The summed E-state index contributed by atoms with van der Waals surface area (Å²) in [6.07, 6.45) is 2.86. The second-order valence-corrected chi connectivity index (χ2v) is 8.54. The topological polar surface area (TPSA) is 46.6 Å². The monoisotopic (exact) mass is 493 g/mol. The average molecular weight is 493 g/mol. The molecule has 1 saturated heterocycles. The first kappa shape index (κ1) is 19.9. The molecule has 2 aromatic rings. The normalized spacial score (nSPS) is 16.9. The molecule has 0 aromatic heterocycles. The molecule has 1 aliphatic heterocycles. The first-order valence-electron chi connectivity index (χ1n) is 8.73. The highest BCUT2D eigenvalue weighted by atomic mass is 127. The van der Waals surface area contributed by atoms with Gasteiger partial charge in [0.25, 0.3) is 11.1 Å². The SMILES string of the molecule is CC[C@@H](C)Oc1ccc(/C=C2\SC(=O)N(Cc3ccc(I)cc3)C2=O)cc1. The van der Waals surface area contributed by atoms with Crippen molar-refractivity contribution < 1.29 is 14.3 Å². The van der Waals surface area contributed by atoms with Crippen molar-refractivity contribution in [2.24, 2.45) is 0 Å². The summed E-state index contributed by atoms with van der Waals surface area (Å²) in [6.45, 7) is 4.39. The third kappa shape index (κ3) is 5.13. The Balaban J connectivity index is 1.71. The van der Waals surface area contributed by atoms with Gasteiger partial charge in [-0.15, -0.1) is 0 Å². The molecule has 2 aromatic carbocycles. The summed E-state index contributed by atoms with van der Waals surface area (Å²) >= 11 is 3.21. The first-order valence-corrected chi connectivity index (χ1v) is 10.6. The van der Waals surface area contributed by atoms with Gasteiger partial charge in [-0.1, -0.05) is 31.2 Å². The third-order valence-electron chi connectivity index (χ3n) is 4.22. The predicted molar refractivity (Wildman–Crippen MR) is 117 cm³/mol. The maximum absolute atomic E-state index is 12.6. The number of carbonyl (C=O) groups is 2. The van der Waals surface area contributed by atoms with Gasteiger partial charge in [0.15, 0.2) is 0 Å². The van der Waals surface area contributed by atoms with Gasteiger partial charge in [-0.2, -0.15) is 0 Å². The summed E-state index contributed by atoms with van der Waals surface area (Å²) in [4.78, 5) is 26.6. The molecule has 0 unspecified atom stereocenters. The largest absolute Gasteiger partial charge is 0.491 e. The number of thioether (sulfide) groups is 1. The van der Waals surface area contributed by atoms with E-state index in [2.05, 4.69) is 29.5 Å². The second-order valence-electron chi connectivity index (χ2n) is 6.30. The maximum atomic E-state index is 12.6. The van der Waals surface area contributed by atoms with E-state index in [9.17, 15) is 9.59 Å². The van der Waals surface area contributed by atoms with Gasteiger partial charge in [0.05, 0.1) is 17.6 Å². The highest BCUT2D eigenvalue weighted by Gasteiger charge is 2.34. The van der Waals surface area contributed by atoms with Crippen LogP contribution in [0.3, 0.4) is 0 Å². The summed E-state index contributed by atoms with van der Waals surface area (Å²) in [5.41, 5.74) is 1.80. The van der Waals surface area contributed by atoms with Crippen LogP contribution < -0.4 is 4.74 Å². The smallest absolute Gasteiger partial charge is 0.293 e. The number of rotatable bonds is 6. The zero-order valence-electron chi connectivity index (χ0n) is 15.1. The van der Waals surface area contributed by atoms with Crippen LogP contribution in [0.25, 0.3) is 6.08 Å². The van der Waals surface area contributed by atoms with Crippen molar-refractivity contribution in [2.75, 3.05) is 0 Å². The zero-order chi connectivity index (χ0) is 19.4. The molecule has 27 heavy (non-hydrogen) atoms. The Kier molecular flexibility index (Phi) is 6.59. The zero-order valence-corrected chi connectivity index (χ0v) is 18.1. The molecule has 0 bridgehead atoms. The van der Waals surface area contributed by atoms with E-state index in [-0.39, 0.29) is 17.3 Å². The van der Waals surface area contributed by atoms with Crippen LogP contribution in [-0.4, -0.2) is 22.2 Å². The summed E-state index contributed by atoms with van der Waals surface area (Å²) in [7, 11) is 0. The molecule has 4 nitrogen and oxygen atoms in total.